The maximum atomic E-state index is 5.80. The van der Waals surface area contributed by atoms with Crippen LogP contribution in [0.3, 0.4) is 0 Å². The van der Waals surface area contributed by atoms with Gasteiger partial charge >= 0.3 is 0 Å². The summed E-state index contributed by atoms with van der Waals surface area (Å²) in [5.74, 6) is 0.650. The van der Waals surface area contributed by atoms with E-state index < -0.39 is 0 Å². The molecule has 0 bridgehead atoms. The van der Waals surface area contributed by atoms with E-state index in [9.17, 15) is 0 Å². The first-order valence-electron chi connectivity index (χ1n) is 3.94. The van der Waals surface area contributed by atoms with Crippen molar-refractivity contribution in [3.05, 3.63) is 0 Å². The third kappa shape index (κ3) is 4.46. The highest BCUT2D eigenvalue weighted by atomic mass is 14.6. The average molecular weight is 129 g/mol. The zero-order valence-corrected chi connectivity index (χ0v) is 6.85. The first kappa shape index (κ1) is 8.96. The Hall–Kier alpha value is -0.0400. The summed E-state index contributed by atoms with van der Waals surface area (Å²) in [7, 11) is 0. The molecule has 1 unspecified atom stereocenters. The molecule has 0 rings (SSSR count). The molecule has 56 valence electrons. The van der Waals surface area contributed by atoms with Gasteiger partial charge < -0.3 is 5.73 Å². The number of hydrogen-bond acceptors (Lipinski definition) is 1. The summed E-state index contributed by atoms with van der Waals surface area (Å²) in [4.78, 5) is 0. The van der Waals surface area contributed by atoms with E-state index in [0.717, 1.165) is 0 Å². The summed E-state index contributed by atoms with van der Waals surface area (Å²) in [5.41, 5.74) is 5.80. The molecule has 0 aliphatic heterocycles. The molecule has 0 amide bonds. The monoisotopic (exact) mass is 129 g/mol. The fourth-order valence-corrected chi connectivity index (χ4v) is 0.773. The van der Waals surface area contributed by atoms with Crippen LogP contribution in [0.5, 0.6) is 0 Å². The quantitative estimate of drug-likeness (QED) is 0.618. The van der Waals surface area contributed by atoms with Crippen molar-refractivity contribution >= 4 is 0 Å². The highest BCUT2D eigenvalue weighted by Gasteiger charge is 2.04. The molecule has 0 spiro atoms. The molecule has 0 fully saturated rings. The Labute approximate surface area is 58.6 Å². The van der Waals surface area contributed by atoms with Crippen LogP contribution in [0.4, 0.5) is 0 Å². The molecule has 1 atom stereocenters. The van der Waals surface area contributed by atoms with Crippen molar-refractivity contribution in [2.75, 3.05) is 0 Å². The van der Waals surface area contributed by atoms with Gasteiger partial charge in [0.2, 0.25) is 0 Å². The molecule has 0 radical (unpaired) electrons. The molecule has 0 aromatic carbocycles. The van der Waals surface area contributed by atoms with Crippen LogP contribution < -0.4 is 5.73 Å². The van der Waals surface area contributed by atoms with Crippen molar-refractivity contribution in [1.29, 1.82) is 0 Å². The largest absolute Gasteiger partial charge is 0.327 e. The van der Waals surface area contributed by atoms with Crippen LogP contribution in [0, 0.1) is 5.92 Å². The molecule has 0 heterocycles. The lowest BCUT2D eigenvalue weighted by atomic mass is 10.00. The lowest BCUT2D eigenvalue weighted by Crippen LogP contribution is -2.25. The van der Waals surface area contributed by atoms with Crippen LogP contribution >= 0.6 is 0 Å². The molecule has 0 saturated heterocycles. The van der Waals surface area contributed by atoms with Crippen molar-refractivity contribution in [3.63, 3.8) is 0 Å². The van der Waals surface area contributed by atoms with E-state index in [1.807, 2.05) is 0 Å². The lowest BCUT2D eigenvalue weighted by molar-refractivity contribution is 0.450. The third-order valence-corrected chi connectivity index (χ3v) is 1.75. The van der Waals surface area contributed by atoms with Gasteiger partial charge in [0.15, 0.2) is 0 Å². The van der Waals surface area contributed by atoms with Gasteiger partial charge in [0.05, 0.1) is 0 Å². The molecule has 2 N–H and O–H groups in total. The van der Waals surface area contributed by atoms with Crippen molar-refractivity contribution in [2.45, 2.75) is 46.1 Å². The van der Waals surface area contributed by atoms with Crippen LogP contribution in [-0.4, -0.2) is 6.04 Å². The summed E-state index contributed by atoms with van der Waals surface area (Å²) < 4.78 is 0. The Balaban J connectivity index is 3.16. The zero-order valence-electron chi connectivity index (χ0n) is 6.85. The zero-order chi connectivity index (χ0) is 7.28. The van der Waals surface area contributed by atoms with Gasteiger partial charge in [0, 0.05) is 6.04 Å². The van der Waals surface area contributed by atoms with Crippen molar-refractivity contribution < 1.29 is 0 Å². The van der Waals surface area contributed by atoms with Crippen molar-refractivity contribution in [1.82, 2.24) is 0 Å². The van der Waals surface area contributed by atoms with Gasteiger partial charge in [-0.2, -0.15) is 0 Å². The maximum absolute atomic E-state index is 5.80. The smallest absolute Gasteiger partial charge is 0.00618 e. The number of rotatable bonds is 4. The molecular formula is C8H19N. The van der Waals surface area contributed by atoms with Crippen LogP contribution in [0.2, 0.25) is 0 Å². The number of hydrogen-bond donors (Lipinski definition) is 1. The van der Waals surface area contributed by atoms with Gasteiger partial charge in [-0.25, -0.2) is 0 Å². The molecule has 0 aliphatic carbocycles. The summed E-state index contributed by atoms with van der Waals surface area (Å²) in [6, 6.07) is 0.421. The van der Waals surface area contributed by atoms with Gasteiger partial charge in [-0.15, -0.1) is 0 Å². The van der Waals surface area contributed by atoms with E-state index >= 15 is 0 Å². The molecule has 1 nitrogen and oxygen atoms in total. The molecule has 0 aromatic heterocycles. The van der Waals surface area contributed by atoms with Gasteiger partial charge in [-0.1, -0.05) is 33.6 Å². The normalized spacial score (nSPS) is 14.3. The topological polar surface area (TPSA) is 26.0 Å². The first-order valence-corrected chi connectivity index (χ1v) is 3.94. The van der Waals surface area contributed by atoms with Gasteiger partial charge in [-0.05, 0) is 12.3 Å². The predicted molar refractivity (Wildman–Crippen MR) is 42.3 cm³/mol. The molecule has 0 saturated carbocycles. The minimum Gasteiger partial charge on any atom is -0.327 e. The molecular weight excluding hydrogens is 110 g/mol. The summed E-state index contributed by atoms with van der Waals surface area (Å²) in [6.45, 7) is 6.56. The highest BCUT2D eigenvalue weighted by molar-refractivity contribution is 4.63. The Kier molecular flexibility index (Phi) is 4.78. The Bertz CT molecular complexity index is 59.6. The second kappa shape index (κ2) is 4.80. The fourth-order valence-electron chi connectivity index (χ4n) is 0.773. The SMILES string of the molecule is CCCCC(N)C(C)C. The predicted octanol–water partition coefficient (Wildman–Crippen LogP) is 2.16. The third-order valence-electron chi connectivity index (χ3n) is 1.75. The molecule has 1 heteroatoms. The standard InChI is InChI=1S/C8H19N/c1-4-5-6-8(9)7(2)3/h7-8H,4-6,9H2,1-3H3. The van der Waals surface area contributed by atoms with E-state index in [4.69, 9.17) is 5.73 Å². The minimum atomic E-state index is 0.421. The summed E-state index contributed by atoms with van der Waals surface area (Å²) in [5, 5.41) is 0. The van der Waals surface area contributed by atoms with Gasteiger partial charge in [0.1, 0.15) is 0 Å². The molecule has 9 heavy (non-hydrogen) atoms. The Morgan fingerprint density at radius 3 is 2.22 bits per heavy atom. The average Bonchev–Trinajstić information content (AvgIpc) is 1.82. The van der Waals surface area contributed by atoms with Crippen LogP contribution in [0.1, 0.15) is 40.0 Å². The fraction of sp³-hybridized carbons (Fsp3) is 1.00. The van der Waals surface area contributed by atoms with Gasteiger partial charge in [-0.3, -0.25) is 0 Å². The first-order chi connectivity index (χ1) is 4.18. The number of nitrogens with two attached hydrogens (primary N) is 1. The number of unbranched alkanes of at least 4 members (excludes halogenated alkanes) is 1. The van der Waals surface area contributed by atoms with E-state index in [0.29, 0.717) is 12.0 Å². The van der Waals surface area contributed by atoms with E-state index in [1.165, 1.54) is 19.3 Å². The molecule has 0 aromatic rings. The van der Waals surface area contributed by atoms with E-state index in [1.54, 1.807) is 0 Å². The van der Waals surface area contributed by atoms with E-state index in [2.05, 4.69) is 20.8 Å². The van der Waals surface area contributed by atoms with Crippen molar-refractivity contribution in [3.8, 4) is 0 Å². The Morgan fingerprint density at radius 2 is 1.89 bits per heavy atom. The minimum absolute atomic E-state index is 0.421. The van der Waals surface area contributed by atoms with Gasteiger partial charge in [0.25, 0.3) is 0 Å². The maximum Gasteiger partial charge on any atom is 0.00618 e. The summed E-state index contributed by atoms with van der Waals surface area (Å²) >= 11 is 0. The van der Waals surface area contributed by atoms with Crippen molar-refractivity contribution in [2.24, 2.45) is 11.7 Å². The van der Waals surface area contributed by atoms with Crippen LogP contribution in [0.25, 0.3) is 0 Å². The lowest BCUT2D eigenvalue weighted by Gasteiger charge is -2.13. The van der Waals surface area contributed by atoms with Crippen LogP contribution in [0.15, 0.2) is 0 Å². The van der Waals surface area contributed by atoms with E-state index in [-0.39, 0.29) is 0 Å². The summed E-state index contributed by atoms with van der Waals surface area (Å²) in [6.07, 6.45) is 3.73. The second-order valence-electron chi connectivity index (χ2n) is 3.05. The second-order valence-corrected chi connectivity index (χ2v) is 3.05. The molecule has 0 aliphatic rings. The highest BCUT2D eigenvalue weighted by Crippen LogP contribution is 2.06. The Morgan fingerprint density at radius 1 is 1.33 bits per heavy atom. The van der Waals surface area contributed by atoms with Crippen LogP contribution in [-0.2, 0) is 0 Å².